The number of hydrogen-bond donors (Lipinski definition) is 3. The van der Waals surface area contributed by atoms with E-state index in [1.165, 1.54) is 6.08 Å². The highest BCUT2D eigenvalue weighted by molar-refractivity contribution is 7.80. The lowest BCUT2D eigenvalue weighted by Crippen LogP contribution is -2.32. The van der Waals surface area contributed by atoms with E-state index >= 15 is 0 Å². The van der Waals surface area contributed by atoms with E-state index in [4.69, 9.17) is 12.2 Å². The summed E-state index contributed by atoms with van der Waals surface area (Å²) in [5.74, 6) is -0.266. The van der Waals surface area contributed by atoms with Gasteiger partial charge < -0.3 is 10.4 Å². The lowest BCUT2D eigenvalue weighted by molar-refractivity contribution is -0.115. The van der Waals surface area contributed by atoms with Crippen molar-refractivity contribution in [1.82, 2.24) is 5.32 Å². The minimum Gasteiger partial charge on any atom is -0.506 e. The molecule has 0 fully saturated rings. The molecule has 0 radical (unpaired) electrons. The topological polar surface area (TPSA) is 61.4 Å². The average Bonchev–Trinajstić information content (AvgIpc) is 2.55. The summed E-state index contributed by atoms with van der Waals surface area (Å²) in [4.78, 5) is 11.9. The quantitative estimate of drug-likeness (QED) is 0.439. The van der Waals surface area contributed by atoms with E-state index in [-0.39, 0.29) is 22.2 Å². The molecule has 0 saturated heterocycles. The van der Waals surface area contributed by atoms with Crippen molar-refractivity contribution in [2.24, 2.45) is 0 Å². The van der Waals surface area contributed by atoms with Crippen LogP contribution in [0.4, 0.5) is 5.69 Å². The monoisotopic (exact) mass is 354 g/mol. The van der Waals surface area contributed by atoms with Gasteiger partial charge in [-0.25, -0.2) is 0 Å². The van der Waals surface area contributed by atoms with Crippen LogP contribution < -0.4 is 10.6 Å². The van der Waals surface area contributed by atoms with Crippen molar-refractivity contribution in [3.63, 3.8) is 0 Å². The molecule has 0 aromatic heterocycles. The van der Waals surface area contributed by atoms with Gasteiger partial charge in [-0.2, -0.15) is 0 Å². The fourth-order valence-electron chi connectivity index (χ4n) is 2.15. The van der Waals surface area contributed by atoms with Gasteiger partial charge in [-0.1, -0.05) is 57.2 Å². The van der Waals surface area contributed by atoms with Crippen molar-refractivity contribution in [2.75, 3.05) is 5.32 Å². The predicted molar refractivity (Wildman–Crippen MR) is 107 cm³/mol. The Morgan fingerprint density at radius 3 is 2.44 bits per heavy atom. The highest BCUT2D eigenvalue weighted by Gasteiger charge is 2.16. The van der Waals surface area contributed by atoms with E-state index in [1.54, 1.807) is 12.1 Å². The molecule has 0 unspecified atom stereocenters. The standard InChI is InChI=1S/C20H22N2O2S/c1-20(2,3)15-10-11-17(23)16(13-15)21-19(25)22-18(24)12-9-14-7-5-4-6-8-14/h4-13,23H,1-3H3,(H2,21,22,24,25). The van der Waals surface area contributed by atoms with Crippen LogP contribution in [0.1, 0.15) is 31.9 Å². The zero-order valence-electron chi connectivity index (χ0n) is 14.5. The molecule has 4 nitrogen and oxygen atoms in total. The summed E-state index contributed by atoms with van der Waals surface area (Å²) < 4.78 is 0. The van der Waals surface area contributed by atoms with Crippen LogP contribution in [0.25, 0.3) is 6.08 Å². The lowest BCUT2D eigenvalue weighted by Gasteiger charge is -2.20. The maximum absolute atomic E-state index is 11.9. The van der Waals surface area contributed by atoms with Gasteiger partial charge in [-0.05, 0) is 47.0 Å². The molecule has 0 bridgehead atoms. The van der Waals surface area contributed by atoms with Crippen LogP contribution in [-0.2, 0) is 10.2 Å². The molecule has 2 aromatic rings. The molecule has 3 N–H and O–H groups in total. The van der Waals surface area contributed by atoms with Crippen LogP contribution in [0.5, 0.6) is 5.75 Å². The maximum Gasteiger partial charge on any atom is 0.250 e. The van der Waals surface area contributed by atoms with Gasteiger partial charge in [0.05, 0.1) is 5.69 Å². The lowest BCUT2D eigenvalue weighted by atomic mass is 9.87. The highest BCUT2D eigenvalue weighted by Crippen LogP contribution is 2.30. The number of thiocarbonyl (C=S) groups is 1. The van der Waals surface area contributed by atoms with Gasteiger partial charge in [0.25, 0.3) is 0 Å². The Bertz CT molecular complexity index is 793. The van der Waals surface area contributed by atoms with Crippen molar-refractivity contribution in [3.8, 4) is 5.75 Å². The summed E-state index contributed by atoms with van der Waals surface area (Å²) in [6.07, 6.45) is 3.12. The average molecular weight is 354 g/mol. The Morgan fingerprint density at radius 1 is 1.12 bits per heavy atom. The van der Waals surface area contributed by atoms with Crippen LogP contribution in [0.3, 0.4) is 0 Å². The van der Waals surface area contributed by atoms with Crippen molar-refractivity contribution in [3.05, 3.63) is 65.7 Å². The van der Waals surface area contributed by atoms with E-state index in [9.17, 15) is 9.90 Å². The van der Waals surface area contributed by atoms with Crippen LogP contribution in [0.2, 0.25) is 0 Å². The van der Waals surface area contributed by atoms with Crippen LogP contribution in [0, 0.1) is 0 Å². The van der Waals surface area contributed by atoms with E-state index < -0.39 is 0 Å². The number of rotatable bonds is 3. The first-order chi connectivity index (χ1) is 11.8. The normalized spacial score (nSPS) is 11.3. The number of benzene rings is 2. The molecular weight excluding hydrogens is 332 g/mol. The third kappa shape index (κ3) is 5.72. The third-order valence-corrected chi connectivity index (χ3v) is 3.78. The minimum absolute atomic E-state index is 0.0621. The molecule has 0 aliphatic heterocycles. The number of carbonyl (C=O) groups excluding carboxylic acids is 1. The summed E-state index contributed by atoms with van der Waals surface area (Å²) in [6.45, 7) is 6.24. The van der Waals surface area contributed by atoms with Gasteiger partial charge in [-0.15, -0.1) is 0 Å². The van der Waals surface area contributed by atoms with E-state index in [0.717, 1.165) is 11.1 Å². The van der Waals surface area contributed by atoms with E-state index in [2.05, 4.69) is 31.4 Å². The SMILES string of the molecule is CC(C)(C)c1ccc(O)c(NC(=S)NC(=O)C=Cc2ccccc2)c1. The summed E-state index contributed by atoms with van der Waals surface area (Å²) in [5, 5.41) is 15.6. The number of nitrogens with one attached hydrogen (secondary N) is 2. The van der Waals surface area contributed by atoms with Crippen molar-refractivity contribution in [1.29, 1.82) is 0 Å². The molecule has 130 valence electrons. The summed E-state index contributed by atoms with van der Waals surface area (Å²) in [7, 11) is 0. The molecule has 2 aromatic carbocycles. The molecule has 0 aliphatic carbocycles. The fraction of sp³-hybridized carbons (Fsp3) is 0.200. The molecule has 5 heteroatoms. The summed E-state index contributed by atoms with van der Waals surface area (Å²) in [5.41, 5.74) is 2.37. The largest absolute Gasteiger partial charge is 0.506 e. The molecule has 0 atom stereocenters. The van der Waals surface area contributed by atoms with Crippen LogP contribution >= 0.6 is 12.2 Å². The molecule has 0 spiro atoms. The maximum atomic E-state index is 11.9. The number of hydrogen-bond acceptors (Lipinski definition) is 3. The second kappa shape index (κ2) is 7.94. The second-order valence-electron chi connectivity index (χ2n) is 6.67. The van der Waals surface area contributed by atoms with Gasteiger partial charge >= 0.3 is 0 Å². The van der Waals surface area contributed by atoms with E-state index in [0.29, 0.717) is 5.69 Å². The number of amides is 1. The summed E-state index contributed by atoms with van der Waals surface area (Å²) >= 11 is 5.15. The Hall–Kier alpha value is -2.66. The highest BCUT2D eigenvalue weighted by atomic mass is 32.1. The van der Waals surface area contributed by atoms with Gasteiger partial charge in [0.15, 0.2) is 5.11 Å². The van der Waals surface area contributed by atoms with E-state index in [1.807, 2.05) is 42.5 Å². The Labute approximate surface area is 153 Å². The van der Waals surface area contributed by atoms with Crippen LogP contribution in [0.15, 0.2) is 54.6 Å². The van der Waals surface area contributed by atoms with Gasteiger partial charge in [0.2, 0.25) is 5.91 Å². The number of carbonyl (C=O) groups is 1. The third-order valence-electron chi connectivity index (χ3n) is 3.57. The van der Waals surface area contributed by atoms with Gasteiger partial charge in [0.1, 0.15) is 5.75 Å². The van der Waals surface area contributed by atoms with Crippen molar-refractivity contribution >= 4 is 35.0 Å². The Kier molecular flexibility index (Phi) is 5.93. The molecular formula is C20H22N2O2S. The van der Waals surface area contributed by atoms with Gasteiger partial charge in [0, 0.05) is 6.08 Å². The number of phenolic OH excluding ortho intramolecular Hbond substituents is 1. The first kappa shape index (κ1) is 18.7. The smallest absolute Gasteiger partial charge is 0.250 e. The first-order valence-corrected chi connectivity index (χ1v) is 8.35. The molecule has 0 aliphatic rings. The van der Waals surface area contributed by atoms with Crippen LogP contribution in [-0.4, -0.2) is 16.1 Å². The zero-order valence-corrected chi connectivity index (χ0v) is 15.4. The fourth-order valence-corrected chi connectivity index (χ4v) is 2.36. The number of aromatic hydroxyl groups is 1. The van der Waals surface area contributed by atoms with Crippen molar-refractivity contribution < 1.29 is 9.90 Å². The molecule has 0 saturated carbocycles. The Morgan fingerprint density at radius 2 is 1.80 bits per heavy atom. The summed E-state index contributed by atoms with van der Waals surface area (Å²) in [6, 6.07) is 14.8. The first-order valence-electron chi connectivity index (χ1n) is 7.94. The zero-order chi connectivity index (χ0) is 18.4. The molecule has 1 amide bonds. The minimum atomic E-state index is -0.340. The molecule has 25 heavy (non-hydrogen) atoms. The predicted octanol–water partition coefficient (Wildman–Crippen LogP) is 4.22. The number of phenols is 1. The number of anilines is 1. The van der Waals surface area contributed by atoms with Gasteiger partial charge in [-0.3, -0.25) is 10.1 Å². The molecule has 2 rings (SSSR count). The second-order valence-corrected chi connectivity index (χ2v) is 7.08. The van der Waals surface area contributed by atoms with Crippen molar-refractivity contribution in [2.45, 2.75) is 26.2 Å². The Balaban J connectivity index is 2.00. The molecule has 0 heterocycles.